The lowest BCUT2D eigenvalue weighted by molar-refractivity contribution is -0.308. The van der Waals surface area contributed by atoms with Crippen molar-refractivity contribution in [2.45, 2.75) is 50.2 Å². The SMILES string of the molecule is O=C(N[C@H](Cc1cnc[nH]1)C(=O)[O-])c1ccc(C#CC2(O)CCCCC2)cc1. The molecule has 1 aliphatic carbocycles. The van der Waals surface area contributed by atoms with Gasteiger partial charge in [-0.1, -0.05) is 18.3 Å². The van der Waals surface area contributed by atoms with Crippen molar-refractivity contribution in [1.29, 1.82) is 0 Å². The molecule has 1 amide bonds. The molecule has 2 aromatic rings. The summed E-state index contributed by atoms with van der Waals surface area (Å²) in [6.45, 7) is 0. The van der Waals surface area contributed by atoms with Gasteiger partial charge in [0.15, 0.2) is 0 Å². The van der Waals surface area contributed by atoms with Crippen molar-refractivity contribution < 1.29 is 19.8 Å². The van der Waals surface area contributed by atoms with E-state index < -0.39 is 23.5 Å². The quantitative estimate of drug-likeness (QED) is 0.655. The number of nitrogens with one attached hydrogen (secondary N) is 2. The van der Waals surface area contributed by atoms with E-state index in [1.54, 1.807) is 24.3 Å². The molecule has 1 aromatic carbocycles. The first-order valence-electron chi connectivity index (χ1n) is 9.30. The number of aromatic amines is 1. The van der Waals surface area contributed by atoms with E-state index in [2.05, 4.69) is 27.1 Å². The molecular formula is C21H22N3O4-. The molecular weight excluding hydrogens is 358 g/mol. The van der Waals surface area contributed by atoms with Gasteiger partial charge in [0.2, 0.25) is 0 Å². The van der Waals surface area contributed by atoms with Gasteiger partial charge in [0.25, 0.3) is 5.91 Å². The summed E-state index contributed by atoms with van der Waals surface area (Å²) >= 11 is 0. The smallest absolute Gasteiger partial charge is 0.251 e. The highest BCUT2D eigenvalue weighted by molar-refractivity contribution is 5.96. The van der Waals surface area contributed by atoms with Crippen LogP contribution in [-0.2, 0) is 11.2 Å². The van der Waals surface area contributed by atoms with Gasteiger partial charge in [-0.05, 0) is 49.9 Å². The third-order valence-corrected chi connectivity index (χ3v) is 4.84. The van der Waals surface area contributed by atoms with E-state index in [-0.39, 0.29) is 6.42 Å². The second kappa shape index (κ2) is 8.72. The molecule has 1 aromatic heterocycles. The number of aromatic nitrogens is 2. The Morgan fingerprint density at radius 3 is 2.57 bits per heavy atom. The molecule has 0 unspecified atom stereocenters. The Hall–Kier alpha value is -3.11. The highest BCUT2D eigenvalue weighted by atomic mass is 16.4. The number of nitrogens with zero attached hydrogens (tertiary/aromatic N) is 1. The number of amides is 1. The largest absolute Gasteiger partial charge is 0.548 e. The van der Waals surface area contributed by atoms with Crippen molar-refractivity contribution in [3.05, 3.63) is 53.6 Å². The number of H-pyrrole nitrogens is 1. The fourth-order valence-corrected chi connectivity index (χ4v) is 3.21. The standard InChI is InChI=1S/C21H23N3O4/c25-19(24-18(20(26)27)12-17-13-22-14-23-17)16-6-4-15(5-7-16)8-11-21(28)9-2-1-3-10-21/h4-7,13-14,18,28H,1-3,9-10,12H2,(H,22,23)(H,24,25)(H,26,27)/p-1/t18-/m1/s1. The summed E-state index contributed by atoms with van der Waals surface area (Å²) in [4.78, 5) is 30.3. The second-order valence-electron chi connectivity index (χ2n) is 7.05. The normalized spacial score (nSPS) is 16.5. The molecule has 1 aliphatic rings. The summed E-state index contributed by atoms with van der Waals surface area (Å²) in [7, 11) is 0. The summed E-state index contributed by atoms with van der Waals surface area (Å²) in [6, 6.07) is 5.33. The lowest BCUT2D eigenvalue weighted by Gasteiger charge is -2.26. The van der Waals surface area contributed by atoms with Crippen LogP contribution in [0, 0.1) is 11.8 Å². The van der Waals surface area contributed by atoms with E-state index in [0.717, 1.165) is 19.3 Å². The Labute approximate surface area is 163 Å². The third-order valence-electron chi connectivity index (χ3n) is 4.84. The minimum Gasteiger partial charge on any atom is -0.548 e. The van der Waals surface area contributed by atoms with Crippen molar-refractivity contribution in [2.24, 2.45) is 0 Å². The molecule has 1 saturated carbocycles. The van der Waals surface area contributed by atoms with Crippen LogP contribution >= 0.6 is 0 Å². The summed E-state index contributed by atoms with van der Waals surface area (Å²) in [5, 5.41) is 24.2. The molecule has 0 spiro atoms. The van der Waals surface area contributed by atoms with Gasteiger partial charge in [0.1, 0.15) is 5.60 Å². The van der Waals surface area contributed by atoms with Crippen LogP contribution in [-0.4, -0.2) is 38.6 Å². The Balaban J connectivity index is 1.63. The Morgan fingerprint density at radius 1 is 1.25 bits per heavy atom. The van der Waals surface area contributed by atoms with Crippen LogP contribution in [0.2, 0.25) is 0 Å². The maximum absolute atomic E-state index is 12.4. The fourth-order valence-electron chi connectivity index (χ4n) is 3.21. The summed E-state index contributed by atoms with van der Waals surface area (Å²) in [5.74, 6) is 4.02. The van der Waals surface area contributed by atoms with Gasteiger partial charge in [0, 0.05) is 29.4 Å². The maximum Gasteiger partial charge on any atom is 0.251 e. The Kier molecular flexibility index (Phi) is 6.12. The molecule has 0 aliphatic heterocycles. The van der Waals surface area contributed by atoms with Gasteiger partial charge >= 0.3 is 0 Å². The number of aliphatic hydroxyl groups is 1. The summed E-state index contributed by atoms with van der Waals surface area (Å²) in [6.07, 6.45) is 7.42. The van der Waals surface area contributed by atoms with Crippen LogP contribution in [0.25, 0.3) is 0 Å². The number of aliphatic carboxylic acids is 1. The van der Waals surface area contributed by atoms with Gasteiger partial charge in [-0.15, -0.1) is 0 Å². The van der Waals surface area contributed by atoms with Crippen LogP contribution in [0.5, 0.6) is 0 Å². The van der Waals surface area contributed by atoms with E-state index in [1.165, 1.54) is 12.5 Å². The number of benzene rings is 1. The summed E-state index contributed by atoms with van der Waals surface area (Å²) in [5.41, 5.74) is 0.658. The first-order chi connectivity index (χ1) is 13.5. The minimum atomic E-state index is -1.37. The molecule has 0 radical (unpaired) electrons. The van der Waals surface area contributed by atoms with Crippen LogP contribution in [0.1, 0.15) is 53.7 Å². The van der Waals surface area contributed by atoms with Gasteiger partial charge < -0.3 is 25.3 Å². The number of carboxylic acids is 1. The summed E-state index contributed by atoms with van der Waals surface area (Å²) < 4.78 is 0. The molecule has 28 heavy (non-hydrogen) atoms. The van der Waals surface area contributed by atoms with Crippen molar-refractivity contribution in [2.75, 3.05) is 0 Å². The van der Waals surface area contributed by atoms with E-state index in [1.807, 2.05) is 0 Å². The van der Waals surface area contributed by atoms with Gasteiger partial charge in [-0.25, -0.2) is 4.98 Å². The Bertz CT molecular complexity index is 873. The Morgan fingerprint density at radius 2 is 1.96 bits per heavy atom. The van der Waals surface area contributed by atoms with Crippen LogP contribution in [0.3, 0.4) is 0 Å². The molecule has 0 bridgehead atoms. The highest BCUT2D eigenvalue weighted by Gasteiger charge is 2.26. The molecule has 7 heteroatoms. The number of hydrogen-bond donors (Lipinski definition) is 3. The van der Waals surface area contributed by atoms with Crippen molar-refractivity contribution in [3.8, 4) is 11.8 Å². The first-order valence-corrected chi connectivity index (χ1v) is 9.30. The topological polar surface area (TPSA) is 118 Å². The van der Waals surface area contributed by atoms with Crippen molar-refractivity contribution in [1.82, 2.24) is 15.3 Å². The molecule has 1 fully saturated rings. The molecule has 146 valence electrons. The average Bonchev–Trinajstić information content (AvgIpc) is 3.20. The van der Waals surface area contributed by atoms with Crippen molar-refractivity contribution >= 4 is 11.9 Å². The molecule has 0 saturated heterocycles. The van der Waals surface area contributed by atoms with Crippen LogP contribution in [0.15, 0.2) is 36.8 Å². The van der Waals surface area contributed by atoms with E-state index in [9.17, 15) is 19.8 Å². The zero-order valence-corrected chi connectivity index (χ0v) is 15.4. The number of rotatable bonds is 5. The molecule has 3 N–H and O–H groups in total. The predicted octanol–water partition coefficient (Wildman–Crippen LogP) is 0.547. The van der Waals surface area contributed by atoms with E-state index >= 15 is 0 Å². The zero-order valence-electron chi connectivity index (χ0n) is 15.4. The first kappa shape index (κ1) is 19.6. The number of carbonyl (C=O) groups excluding carboxylic acids is 2. The van der Waals surface area contributed by atoms with Gasteiger partial charge in [0.05, 0.1) is 18.3 Å². The monoisotopic (exact) mass is 380 g/mol. The predicted molar refractivity (Wildman–Crippen MR) is 99.9 cm³/mol. The van der Waals surface area contributed by atoms with Gasteiger partial charge in [-0.2, -0.15) is 0 Å². The maximum atomic E-state index is 12.4. The third kappa shape index (κ3) is 5.21. The number of hydrogen-bond acceptors (Lipinski definition) is 5. The number of carboxylic acid groups (broad SMARTS) is 1. The van der Waals surface area contributed by atoms with E-state index in [4.69, 9.17) is 0 Å². The molecule has 7 nitrogen and oxygen atoms in total. The lowest BCUT2D eigenvalue weighted by Crippen LogP contribution is -2.49. The van der Waals surface area contributed by atoms with E-state index in [0.29, 0.717) is 29.7 Å². The molecule has 1 atom stereocenters. The molecule has 3 rings (SSSR count). The number of imidazole rings is 1. The van der Waals surface area contributed by atoms with Gasteiger partial charge in [-0.3, -0.25) is 4.79 Å². The molecule has 1 heterocycles. The second-order valence-corrected chi connectivity index (χ2v) is 7.05. The van der Waals surface area contributed by atoms with Crippen LogP contribution in [0.4, 0.5) is 0 Å². The fraction of sp³-hybridized carbons (Fsp3) is 0.381. The minimum absolute atomic E-state index is 0.0518. The highest BCUT2D eigenvalue weighted by Crippen LogP contribution is 2.27. The van der Waals surface area contributed by atoms with Crippen LogP contribution < -0.4 is 10.4 Å². The average molecular weight is 380 g/mol. The zero-order chi connectivity index (χ0) is 20.0. The number of carbonyl (C=O) groups is 2. The lowest BCUT2D eigenvalue weighted by atomic mass is 9.85. The van der Waals surface area contributed by atoms with Crippen molar-refractivity contribution in [3.63, 3.8) is 0 Å².